The van der Waals surface area contributed by atoms with Crippen LogP contribution in [0.5, 0.6) is 0 Å². The molecule has 2 atom stereocenters. The second-order valence-corrected chi connectivity index (χ2v) is 7.01. The highest BCUT2D eigenvalue weighted by Crippen LogP contribution is 2.45. The summed E-state index contributed by atoms with van der Waals surface area (Å²) < 4.78 is 0. The zero-order valence-corrected chi connectivity index (χ0v) is 15.4. The summed E-state index contributed by atoms with van der Waals surface area (Å²) >= 11 is 0. The quantitative estimate of drug-likeness (QED) is 0.719. The minimum atomic E-state index is 0.144. The van der Waals surface area contributed by atoms with E-state index >= 15 is 0 Å². The van der Waals surface area contributed by atoms with Crippen LogP contribution in [-0.2, 0) is 4.79 Å². The molecule has 1 saturated carbocycles. The Hall–Kier alpha value is -2.09. The van der Waals surface area contributed by atoms with Crippen LogP contribution in [0.15, 0.2) is 60.7 Å². The Labute approximate surface area is 151 Å². The summed E-state index contributed by atoms with van der Waals surface area (Å²) in [5.74, 6) is 1.18. The van der Waals surface area contributed by atoms with Crippen LogP contribution in [0.4, 0.5) is 0 Å². The van der Waals surface area contributed by atoms with E-state index in [0.717, 1.165) is 32.4 Å². The number of carbonyl (C=O) groups is 1. The highest BCUT2D eigenvalue weighted by molar-refractivity contribution is 5.79. The number of benzene rings is 2. The van der Waals surface area contributed by atoms with Crippen molar-refractivity contribution in [3.05, 3.63) is 71.8 Å². The van der Waals surface area contributed by atoms with E-state index in [0.29, 0.717) is 17.7 Å². The van der Waals surface area contributed by atoms with Gasteiger partial charge >= 0.3 is 0 Å². The van der Waals surface area contributed by atoms with Crippen molar-refractivity contribution in [3.8, 4) is 0 Å². The first kappa shape index (κ1) is 17.7. The van der Waals surface area contributed by atoms with Gasteiger partial charge in [0.25, 0.3) is 0 Å². The molecule has 132 valence electrons. The molecule has 0 radical (unpaired) electrons. The fraction of sp³-hybridized carbons (Fsp3) is 0.435. The van der Waals surface area contributed by atoms with Crippen molar-refractivity contribution in [1.82, 2.24) is 4.90 Å². The van der Waals surface area contributed by atoms with E-state index in [1.807, 2.05) is 4.90 Å². The van der Waals surface area contributed by atoms with E-state index in [1.54, 1.807) is 0 Å². The average molecular weight is 335 g/mol. The maximum atomic E-state index is 13.1. The summed E-state index contributed by atoms with van der Waals surface area (Å²) in [6, 6.07) is 21.5. The zero-order valence-electron chi connectivity index (χ0n) is 15.4. The molecule has 2 aromatic rings. The lowest BCUT2D eigenvalue weighted by Gasteiger charge is -2.32. The largest absolute Gasteiger partial charge is 0.343 e. The molecule has 2 nitrogen and oxygen atoms in total. The van der Waals surface area contributed by atoms with Gasteiger partial charge in [0, 0.05) is 24.9 Å². The normalized spacial score (nSPS) is 20.0. The first-order valence-corrected chi connectivity index (χ1v) is 9.64. The van der Waals surface area contributed by atoms with Gasteiger partial charge in [0.2, 0.25) is 5.91 Å². The maximum Gasteiger partial charge on any atom is 0.225 e. The second kappa shape index (κ2) is 8.33. The fourth-order valence-corrected chi connectivity index (χ4v) is 4.47. The number of amides is 1. The van der Waals surface area contributed by atoms with Gasteiger partial charge in [-0.05, 0) is 43.7 Å². The minimum Gasteiger partial charge on any atom is -0.343 e. The average Bonchev–Trinajstić information content (AvgIpc) is 3.14. The smallest absolute Gasteiger partial charge is 0.225 e. The molecular formula is C23H29NO. The first-order valence-electron chi connectivity index (χ1n) is 9.64. The number of nitrogens with zero attached hydrogens (tertiary/aromatic N) is 1. The molecule has 1 amide bonds. The molecule has 0 unspecified atom stereocenters. The van der Waals surface area contributed by atoms with Gasteiger partial charge < -0.3 is 4.90 Å². The second-order valence-electron chi connectivity index (χ2n) is 7.01. The molecule has 0 bridgehead atoms. The number of hydrogen-bond acceptors (Lipinski definition) is 1. The summed E-state index contributed by atoms with van der Waals surface area (Å²) in [5.41, 5.74) is 2.66. The standard InChI is InChI=1S/C23H29NO/c1-3-24(4-2)23(25)21-17-11-16-20(21)22(18-12-7-5-8-13-18)19-14-9-6-10-15-19/h5-10,12-15,20-22H,3-4,11,16-17H2,1-2H3/t20-,21-/m0/s1. The Morgan fingerprint density at radius 2 is 1.44 bits per heavy atom. The zero-order chi connectivity index (χ0) is 17.6. The molecule has 0 saturated heterocycles. The van der Waals surface area contributed by atoms with Gasteiger partial charge in [0.1, 0.15) is 0 Å². The third-order valence-electron chi connectivity index (χ3n) is 5.71. The molecule has 2 heteroatoms. The summed E-state index contributed by atoms with van der Waals surface area (Å²) in [4.78, 5) is 15.1. The van der Waals surface area contributed by atoms with Crippen LogP contribution in [0.25, 0.3) is 0 Å². The number of rotatable bonds is 6. The van der Waals surface area contributed by atoms with Crippen LogP contribution in [0, 0.1) is 11.8 Å². The molecule has 3 rings (SSSR count). The van der Waals surface area contributed by atoms with Crippen molar-refractivity contribution < 1.29 is 4.79 Å². The maximum absolute atomic E-state index is 13.1. The predicted molar refractivity (Wildman–Crippen MR) is 103 cm³/mol. The van der Waals surface area contributed by atoms with Gasteiger partial charge in [-0.15, -0.1) is 0 Å². The van der Waals surface area contributed by atoms with Gasteiger partial charge in [-0.3, -0.25) is 4.79 Å². The lowest BCUT2D eigenvalue weighted by Crippen LogP contribution is -2.38. The fourth-order valence-electron chi connectivity index (χ4n) is 4.47. The van der Waals surface area contributed by atoms with Crippen molar-refractivity contribution in [2.24, 2.45) is 11.8 Å². The lowest BCUT2D eigenvalue weighted by atomic mass is 9.75. The third-order valence-corrected chi connectivity index (χ3v) is 5.71. The molecular weight excluding hydrogens is 306 g/mol. The van der Waals surface area contributed by atoms with Crippen LogP contribution in [-0.4, -0.2) is 23.9 Å². The molecule has 0 aliphatic heterocycles. The first-order chi connectivity index (χ1) is 12.3. The topological polar surface area (TPSA) is 20.3 Å². The highest BCUT2D eigenvalue weighted by atomic mass is 16.2. The molecule has 0 aromatic heterocycles. The molecule has 1 aliphatic carbocycles. The number of hydrogen-bond donors (Lipinski definition) is 0. The SMILES string of the molecule is CCN(CC)C(=O)[C@H]1CCC[C@@H]1C(c1ccccc1)c1ccccc1. The third kappa shape index (κ3) is 3.78. The van der Waals surface area contributed by atoms with Crippen LogP contribution in [0.1, 0.15) is 50.2 Å². The van der Waals surface area contributed by atoms with Crippen molar-refractivity contribution in [3.63, 3.8) is 0 Å². The summed E-state index contributed by atoms with van der Waals surface area (Å²) in [6.45, 7) is 5.77. The monoisotopic (exact) mass is 335 g/mol. The van der Waals surface area contributed by atoms with E-state index in [-0.39, 0.29) is 5.92 Å². The van der Waals surface area contributed by atoms with Gasteiger partial charge in [-0.1, -0.05) is 67.1 Å². The van der Waals surface area contributed by atoms with E-state index in [2.05, 4.69) is 74.5 Å². The molecule has 1 fully saturated rings. The van der Waals surface area contributed by atoms with Crippen molar-refractivity contribution in [1.29, 1.82) is 0 Å². The molecule has 25 heavy (non-hydrogen) atoms. The van der Waals surface area contributed by atoms with E-state index in [9.17, 15) is 4.79 Å². The Bertz CT molecular complexity index is 624. The summed E-state index contributed by atoms with van der Waals surface area (Å²) in [7, 11) is 0. The Balaban J connectivity index is 1.96. The summed E-state index contributed by atoms with van der Waals surface area (Å²) in [6.07, 6.45) is 3.31. The molecule has 2 aromatic carbocycles. The highest BCUT2D eigenvalue weighted by Gasteiger charge is 2.40. The minimum absolute atomic E-state index is 0.144. The van der Waals surface area contributed by atoms with Crippen LogP contribution < -0.4 is 0 Å². The molecule has 0 heterocycles. The van der Waals surface area contributed by atoms with E-state index < -0.39 is 0 Å². The Kier molecular flexibility index (Phi) is 5.91. The Morgan fingerprint density at radius 1 is 0.920 bits per heavy atom. The van der Waals surface area contributed by atoms with Gasteiger partial charge in [0.05, 0.1) is 0 Å². The molecule has 0 N–H and O–H groups in total. The van der Waals surface area contributed by atoms with Crippen LogP contribution in [0.3, 0.4) is 0 Å². The lowest BCUT2D eigenvalue weighted by molar-refractivity contribution is -0.136. The summed E-state index contributed by atoms with van der Waals surface area (Å²) in [5, 5.41) is 0. The van der Waals surface area contributed by atoms with Gasteiger partial charge in [0.15, 0.2) is 0 Å². The molecule has 0 spiro atoms. The number of carbonyl (C=O) groups excluding carboxylic acids is 1. The Morgan fingerprint density at radius 3 is 1.92 bits per heavy atom. The van der Waals surface area contributed by atoms with Gasteiger partial charge in [-0.25, -0.2) is 0 Å². The predicted octanol–water partition coefficient (Wildman–Crippen LogP) is 5.10. The van der Waals surface area contributed by atoms with Crippen molar-refractivity contribution >= 4 is 5.91 Å². The van der Waals surface area contributed by atoms with Crippen LogP contribution in [0.2, 0.25) is 0 Å². The molecule has 1 aliphatic rings. The van der Waals surface area contributed by atoms with E-state index in [4.69, 9.17) is 0 Å². The van der Waals surface area contributed by atoms with Crippen molar-refractivity contribution in [2.45, 2.75) is 39.0 Å². The van der Waals surface area contributed by atoms with Gasteiger partial charge in [-0.2, -0.15) is 0 Å². The van der Waals surface area contributed by atoms with E-state index in [1.165, 1.54) is 11.1 Å². The van der Waals surface area contributed by atoms with Crippen molar-refractivity contribution in [2.75, 3.05) is 13.1 Å². The van der Waals surface area contributed by atoms with Crippen LogP contribution >= 0.6 is 0 Å².